The van der Waals surface area contributed by atoms with Gasteiger partial charge >= 0.3 is 6.18 Å². The molecule has 0 saturated heterocycles. The summed E-state index contributed by atoms with van der Waals surface area (Å²) >= 11 is 0. The van der Waals surface area contributed by atoms with Gasteiger partial charge in [-0.25, -0.2) is 13.6 Å². The first-order chi connectivity index (χ1) is 12.1. The van der Waals surface area contributed by atoms with Gasteiger partial charge in [-0.3, -0.25) is 5.43 Å². The molecule has 2 aromatic carbocycles. The number of primary sulfonamides is 1. The smallest absolute Gasteiger partial charge is 0.278 e. The SMILES string of the molecule is Cc1ccc(/C=C/C(=N\Nc2ccc(S(N)(=O)=O)cc2)C(F)(F)F)cc1. The highest BCUT2D eigenvalue weighted by Crippen LogP contribution is 2.20. The summed E-state index contributed by atoms with van der Waals surface area (Å²) in [6, 6.07) is 11.8. The molecule has 0 radical (unpaired) electrons. The molecule has 0 amide bonds. The fourth-order valence-electron chi connectivity index (χ4n) is 1.89. The Morgan fingerprint density at radius 1 is 1.08 bits per heavy atom. The normalized spacial score (nSPS) is 13.2. The Morgan fingerprint density at radius 2 is 1.65 bits per heavy atom. The van der Waals surface area contributed by atoms with E-state index in [1.165, 1.54) is 30.3 Å². The molecule has 2 aromatic rings. The molecule has 0 unspecified atom stereocenters. The molecule has 0 saturated carbocycles. The van der Waals surface area contributed by atoms with Crippen molar-refractivity contribution in [3.8, 4) is 0 Å². The van der Waals surface area contributed by atoms with E-state index in [0.29, 0.717) is 5.56 Å². The standard InChI is InChI=1S/C17H16F3N3O2S/c1-12-2-4-13(5-3-12)6-11-16(17(18,19)20)23-22-14-7-9-15(10-8-14)26(21,24)25/h2-11,22H,1H3,(H2,21,24,25)/b11-6+,23-16+. The van der Waals surface area contributed by atoms with Crippen molar-refractivity contribution in [3.05, 3.63) is 65.7 Å². The van der Waals surface area contributed by atoms with Crippen LogP contribution in [-0.2, 0) is 10.0 Å². The molecule has 0 aliphatic heterocycles. The van der Waals surface area contributed by atoms with E-state index in [9.17, 15) is 21.6 Å². The van der Waals surface area contributed by atoms with Crippen LogP contribution in [0.25, 0.3) is 6.08 Å². The summed E-state index contributed by atoms with van der Waals surface area (Å²) in [5, 5.41) is 8.32. The van der Waals surface area contributed by atoms with Crippen LogP contribution >= 0.6 is 0 Å². The van der Waals surface area contributed by atoms with E-state index in [2.05, 4.69) is 10.5 Å². The Kier molecular flexibility index (Phi) is 5.83. The molecule has 0 fully saturated rings. The Labute approximate surface area is 149 Å². The average Bonchev–Trinajstić information content (AvgIpc) is 2.55. The summed E-state index contributed by atoms with van der Waals surface area (Å²) in [4.78, 5) is -0.151. The average molecular weight is 383 g/mol. The number of hydrogen-bond donors (Lipinski definition) is 2. The van der Waals surface area contributed by atoms with Crippen LogP contribution in [0.5, 0.6) is 0 Å². The predicted molar refractivity (Wildman–Crippen MR) is 95.1 cm³/mol. The van der Waals surface area contributed by atoms with Crippen molar-refractivity contribution in [2.75, 3.05) is 5.43 Å². The number of aryl methyl sites for hydroxylation is 1. The van der Waals surface area contributed by atoms with Gasteiger partial charge in [0.1, 0.15) is 0 Å². The number of nitrogens with two attached hydrogens (primary N) is 1. The highest BCUT2D eigenvalue weighted by Gasteiger charge is 2.34. The summed E-state index contributed by atoms with van der Waals surface area (Å²) in [6.45, 7) is 1.88. The van der Waals surface area contributed by atoms with Gasteiger partial charge in [-0.15, -0.1) is 0 Å². The number of benzene rings is 2. The number of alkyl halides is 3. The Bertz CT molecular complexity index is 917. The summed E-state index contributed by atoms with van der Waals surface area (Å²) in [6.07, 6.45) is -2.50. The number of rotatable bonds is 5. The lowest BCUT2D eigenvalue weighted by Gasteiger charge is -2.08. The lowest BCUT2D eigenvalue weighted by atomic mass is 10.1. The minimum absolute atomic E-state index is 0.151. The molecular formula is C17H16F3N3O2S. The molecule has 2 rings (SSSR count). The summed E-state index contributed by atoms with van der Waals surface area (Å²) < 4.78 is 61.6. The Balaban J connectivity index is 2.20. The fourth-order valence-corrected chi connectivity index (χ4v) is 2.41. The molecule has 0 bridgehead atoms. The molecule has 138 valence electrons. The van der Waals surface area contributed by atoms with E-state index >= 15 is 0 Å². The first kappa shape index (κ1) is 19.7. The van der Waals surface area contributed by atoms with Crippen LogP contribution in [0.4, 0.5) is 18.9 Å². The second-order valence-corrected chi connectivity index (χ2v) is 6.98. The highest BCUT2D eigenvalue weighted by atomic mass is 32.2. The number of allylic oxidation sites excluding steroid dienone is 1. The Hall–Kier alpha value is -2.65. The zero-order valence-corrected chi connectivity index (χ0v) is 14.5. The Morgan fingerprint density at radius 3 is 2.15 bits per heavy atom. The summed E-state index contributed by atoms with van der Waals surface area (Å²) in [5.74, 6) is 0. The molecule has 9 heteroatoms. The van der Waals surface area contributed by atoms with Gasteiger partial charge in [0.05, 0.1) is 10.6 Å². The van der Waals surface area contributed by atoms with Crippen LogP contribution in [-0.4, -0.2) is 20.3 Å². The quantitative estimate of drug-likeness (QED) is 0.610. The van der Waals surface area contributed by atoms with Gasteiger partial charge in [0.15, 0.2) is 5.71 Å². The van der Waals surface area contributed by atoms with Crippen LogP contribution < -0.4 is 10.6 Å². The number of sulfonamides is 1. The van der Waals surface area contributed by atoms with Gasteiger partial charge in [-0.2, -0.15) is 18.3 Å². The van der Waals surface area contributed by atoms with Gasteiger partial charge in [-0.1, -0.05) is 35.9 Å². The van der Waals surface area contributed by atoms with Crippen molar-refractivity contribution in [1.82, 2.24) is 0 Å². The third-order valence-corrected chi connectivity index (χ3v) is 4.22. The number of halogens is 3. The zero-order chi connectivity index (χ0) is 19.4. The monoisotopic (exact) mass is 383 g/mol. The molecule has 0 aliphatic rings. The number of anilines is 1. The van der Waals surface area contributed by atoms with Crippen molar-refractivity contribution in [2.24, 2.45) is 10.2 Å². The zero-order valence-electron chi connectivity index (χ0n) is 13.7. The first-order valence-electron chi connectivity index (χ1n) is 7.34. The topological polar surface area (TPSA) is 84.5 Å². The van der Waals surface area contributed by atoms with Gasteiger partial charge in [0.2, 0.25) is 10.0 Å². The third kappa shape index (κ3) is 5.71. The third-order valence-electron chi connectivity index (χ3n) is 3.29. The van der Waals surface area contributed by atoms with Crippen molar-refractivity contribution in [1.29, 1.82) is 0 Å². The fraction of sp³-hybridized carbons (Fsp3) is 0.118. The summed E-state index contributed by atoms with van der Waals surface area (Å²) in [7, 11) is -3.87. The molecule has 0 atom stereocenters. The molecule has 3 N–H and O–H groups in total. The maximum absolute atomic E-state index is 13.1. The molecule has 5 nitrogen and oxygen atoms in total. The second-order valence-electron chi connectivity index (χ2n) is 5.42. The van der Waals surface area contributed by atoms with Crippen molar-refractivity contribution in [2.45, 2.75) is 18.0 Å². The molecule has 0 spiro atoms. The highest BCUT2D eigenvalue weighted by molar-refractivity contribution is 7.89. The number of hydrogen-bond acceptors (Lipinski definition) is 4. The van der Waals surface area contributed by atoms with Crippen molar-refractivity contribution in [3.63, 3.8) is 0 Å². The van der Waals surface area contributed by atoms with Gasteiger partial charge in [0, 0.05) is 0 Å². The molecule has 0 aromatic heterocycles. The second kappa shape index (κ2) is 7.71. The minimum atomic E-state index is -4.66. The van der Waals surface area contributed by atoms with Gasteiger partial charge in [-0.05, 0) is 42.8 Å². The minimum Gasteiger partial charge on any atom is -0.278 e. The lowest BCUT2D eigenvalue weighted by molar-refractivity contribution is -0.0577. The summed E-state index contributed by atoms with van der Waals surface area (Å²) in [5.41, 5.74) is 2.91. The number of nitrogens with one attached hydrogen (secondary N) is 1. The van der Waals surface area contributed by atoms with E-state index in [4.69, 9.17) is 5.14 Å². The van der Waals surface area contributed by atoms with Crippen LogP contribution in [0, 0.1) is 6.92 Å². The predicted octanol–water partition coefficient (Wildman–Crippen LogP) is 3.69. The van der Waals surface area contributed by atoms with E-state index in [0.717, 1.165) is 11.6 Å². The van der Waals surface area contributed by atoms with Crippen LogP contribution in [0.3, 0.4) is 0 Å². The van der Waals surface area contributed by atoms with Crippen LogP contribution in [0.1, 0.15) is 11.1 Å². The molecule has 0 heterocycles. The van der Waals surface area contributed by atoms with Gasteiger partial charge in [0.25, 0.3) is 0 Å². The molecule has 26 heavy (non-hydrogen) atoms. The maximum Gasteiger partial charge on any atom is 0.435 e. The maximum atomic E-state index is 13.1. The van der Waals surface area contributed by atoms with Gasteiger partial charge < -0.3 is 0 Å². The largest absolute Gasteiger partial charge is 0.435 e. The lowest BCUT2D eigenvalue weighted by Crippen LogP contribution is -2.22. The first-order valence-corrected chi connectivity index (χ1v) is 8.89. The van der Waals surface area contributed by atoms with E-state index < -0.39 is 21.9 Å². The van der Waals surface area contributed by atoms with Crippen molar-refractivity contribution < 1.29 is 21.6 Å². The van der Waals surface area contributed by atoms with E-state index in [-0.39, 0.29) is 10.6 Å². The molecule has 0 aliphatic carbocycles. The van der Waals surface area contributed by atoms with Crippen molar-refractivity contribution >= 4 is 27.5 Å². The molecular weight excluding hydrogens is 367 g/mol. The van der Waals surface area contributed by atoms with E-state index in [1.807, 2.05) is 6.92 Å². The van der Waals surface area contributed by atoms with Crippen LogP contribution in [0.2, 0.25) is 0 Å². The number of hydrazone groups is 1. The van der Waals surface area contributed by atoms with Crippen LogP contribution in [0.15, 0.2) is 64.6 Å². The van der Waals surface area contributed by atoms with E-state index in [1.54, 1.807) is 24.3 Å². The number of nitrogens with zero attached hydrogens (tertiary/aromatic N) is 1.